The number of carbonyl (C=O) groups excluding carboxylic acids is 1. The molecule has 8 nitrogen and oxygen atoms in total. The van der Waals surface area contributed by atoms with Crippen molar-refractivity contribution in [2.45, 2.75) is 13.1 Å². The number of H-pyrrole nitrogens is 1. The predicted molar refractivity (Wildman–Crippen MR) is 104 cm³/mol. The van der Waals surface area contributed by atoms with Crippen LogP contribution in [0.4, 0.5) is 34.9 Å². The Morgan fingerprint density at radius 2 is 1.87 bits per heavy atom. The fourth-order valence-corrected chi connectivity index (χ4v) is 2.79. The molecule has 158 valence electrons. The topological polar surface area (TPSA) is 108 Å². The van der Waals surface area contributed by atoms with Crippen LogP contribution in [0.1, 0.15) is 12.6 Å². The lowest BCUT2D eigenvalue weighted by Crippen LogP contribution is -2.11. The van der Waals surface area contributed by atoms with Crippen LogP contribution in [0.3, 0.4) is 0 Å². The third-order valence-corrected chi connectivity index (χ3v) is 4.12. The van der Waals surface area contributed by atoms with Crippen LogP contribution in [0.2, 0.25) is 0 Å². The molecule has 4 heterocycles. The molecule has 0 aliphatic rings. The number of halogens is 4. The van der Waals surface area contributed by atoms with Gasteiger partial charge in [-0.1, -0.05) is 6.07 Å². The number of carbonyl (C=O) groups is 1. The highest BCUT2D eigenvalue weighted by molar-refractivity contribution is 5.91. The Morgan fingerprint density at radius 3 is 2.61 bits per heavy atom. The van der Waals surface area contributed by atoms with Gasteiger partial charge in [0.2, 0.25) is 5.91 Å². The fourth-order valence-electron chi connectivity index (χ4n) is 2.79. The summed E-state index contributed by atoms with van der Waals surface area (Å²) in [7, 11) is 0. The zero-order valence-electron chi connectivity index (χ0n) is 15.8. The first-order valence-corrected chi connectivity index (χ1v) is 8.81. The molecular weight excluding hydrogens is 418 g/mol. The number of aromatic nitrogens is 5. The van der Waals surface area contributed by atoms with Gasteiger partial charge in [0.25, 0.3) is 0 Å². The van der Waals surface area contributed by atoms with Gasteiger partial charge in [0.15, 0.2) is 17.5 Å². The SMILES string of the molecule is CC(=O)Nc1nccc(Nc2nc(-c3cccc(C(F)(F)F)n3)nc3[nH]ccc23)c1F. The number of alkyl halides is 3. The molecule has 31 heavy (non-hydrogen) atoms. The van der Waals surface area contributed by atoms with Crippen molar-refractivity contribution >= 4 is 34.3 Å². The minimum atomic E-state index is -4.63. The summed E-state index contributed by atoms with van der Waals surface area (Å²) in [4.78, 5) is 29.9. The van der Waals surface area contributed by atoms with Crippen molar-refractivity contribution in [1.82, 2.24) is 24.9 Å². The summed E-state index contributed by atoms with van der Waals surface area (Å²) in [5.41, 5.74) is -0.940. The number of aromatic amines is 1. The molecule has 0 fully saturated rings. The monoisotopic (exact) mass is 431 g/mol. The Morgan fingerprint density at radius 1 is 1.06 bits per heavy atom. The van der Waals surface area contributed by atoms with Crippen molar-refractivity contribution in [3.05, 3.63) is 54.2 Å². The molecule has 0 atom stereocenters. The van der Waals surface area contributed by atoms with Crippen LogP contribution in [0.25, 0.3) is 22.6 Å². The molecule has 0 aromatic carbocycles. The highest BCUT2D eigenvalue weighted by Crippen LogP contribution is 2.31. The first-order valence-electron chi connectivity index (χ1n) is 8.81. The summed E-state index contributed by atoms with van der Waals surface area (Å²) in [6, 6.07) is 6.32. The molecule has 0 saturated carbocycles. The lowest BCUT2D eigenvalue weighted by molar-refractivity contribution is -0.141. The summed E-state index contributed by atoms with van der Waals surface area (Å²) in [6.07, 6.45) is -1.80. The Balaban J connectivity index is 1.79. The van der Waals surface area contributed by atoms with Crippen molar-refractivity contribution in [1.29, 1.82) is 0 Å². The first kappa shape index (κ1) is 20.2. The van der Waals surface area contributed by atoms with E-state index in [1.807, 2.05) is 0 Å². The van der Waals surface area contributed by atoms with Gasteiger partial charge in [-0.15, -0.1) is 0 Å². The van der Waals surface area contributed by atoms with E-state index in [1.165, 1.54) is 31.3 Å². The highest BCUT2D eigenvalue weighted by Gasteiger charge is 2.32. The standard InChI is InChI=1S/C19H13F4N7O/c1-9(31)26-18-14(20)11(6-8-25-18)28-16-10-5-7-24-15(10)29-17(30-16)12-3-2-4-13(27-12)19(21,22)23/h2-8H,1H3,(H3,24,25,26,28,29,30,31). The number of anilines is 3. The predicted octanol–water partition coefficient (Wildman–Crippen LogP) is 4.27. The maximum Gasteiger partial charge on any atom is 0.433 e. The van der Waals surface area contributed by atoms with E-state index in [0.29, 0.717) is 11.0 Å². The molecule has 0 radical (unpaired) electrons. The average molecular weight is 431 g/mol. The van der Waals surface area contributed by atoms with Crippen molar-refractivity contribution < 1.29 is 22.4 Å². The molecule has 4 aromatic heterocycles. The molecule has 0 unspecified atom stereocenters. The van der Waals surface area contributed by atoms with Crippen molar-refractivity contribution in [2.24, 2.45) is 0 Å². The van der Waals surface area contributed by atoms with Gasteiger partial charge >= 0.3 is 6.18 Å². The summed E-state index contributed by atoms with van der Waals surface area (Å²) in [5.74, 6) is -1.59. The average Bonchev–Trinajstić information content (AvgIpc) is 3.19. The number of fused-ring (bicyclic) bond motifs is 1. The molecule has 0 bridgehead atoms. The van der Waals surface area contributed by atoms with Gasteiger partial charge in [-0.3, -0.25) is 4.79 Å². The Labute approximate surface area is 171 Å². The van der Waals surface area contributed by atoms with E-state index in [2.05, 4.69) is 35.6 Å². The van der Waals surface area contributed by atoms with Crippen LogP contribution in [-0.4, -0.2) is 30.8 Å². The van der Waals surface area contributed by atoms with Crippen molar-refractivity contribution in [3.8, 4) is 11.5 Å². The fraction of sp³-hybridized carbons (Fsp3) is 0.105. The maximum absolute atomic E-state index is 14.7. The first-order chi connectivity index (χ1) is 14.7. The Kier molecular flexibility index (Phi) is 4.97. The zero-order chi connectivity index (χ0) is 22.2. The molecule has 3 N–H and O–H groups in total. The van der Waals surface area contributed by atoms with E-state index >= 15 is 0 Å². The molecule has 0 spiro atoms. The van der Waals surface area contributed by atoms with E-state index in [4.69, 9.17) is 0 Å². The van der Waals surface area contributed by atoms with Gasteiger partial charge in [-0.2, -0.15) is 13.2 Å². The normalized spacial score (nSPS) is 11.5. The van der Waals surface area contributed by atoms with Gasteiger partial charge in [-0.25, -0.2) is 24.3 Å². The van der Waals surface area contributed by atoms with Gasteiger partial charge in [0, 0.05) is 19.3 Å². The molecule has 4 rings (SSSR count). The van der Waals surface area contributed by atoms with Crippen molar-refractivity contribution in [2.75, 3.05) is 10.6 Å². The second-order valence-electron chi connectivity index (χ2n) is 6.37. The maximum atomic E-state index is 14.7. The van der Waals surface area contributed by atoms with E-state index in [9.17, 15) is 22.4 Å². The van der Waals surface area contributed by atoms with Gasteiger partial charge in [0.1, 0.15) is 22.9 Å². The number of nitrogens with one attached hydrogen (secondary N) is 3. The lowest BCUT2D eigenvalue weighted by atomic mass is 10.2. The molecular formula is C19H13F4N7O. The summed E-state index contributed by atoms with van der Waals surface area (Å²) in [5, 5.41) is 5.52. The summed E-state index contributed by atoms with van der Waals surface area (Å²) in [6.45, 7) is 1.21. The number of rotatable bonds is 4. The number of pyridine rings is 2. The number of nitrogens with zero attached hydrogens (tertiary/aromatic N) is 4. The van der Waals surface area contributed by atoms with Crippen LogP contribution in [-0.2, 0) is 11.0 Å². The molecule has 0 saturated heterocycles. The van der Waals surface area contributed by atoms with E-state index in [0.717, 1.165) is 6.07 Å². The van der Waals surface area contributed by atoms with E-state index in [-0.39, 0.29) is 28.8 Å². The van der Waals surface area contributed by atoms with E-state index in [1.54, 1.807) is 12.3 Å². The molecule has 0 aliphatic carbocycles. The van der Waals surface area contributed by atoms with E-state index < -0.39 is 23.6 Å². The minimum Gasteiger partial charge on any atom is -0.346 e. The van der Waals surface area contributed by atoms with Gasteiger partial charge in [0.05, 0.1) is 11.1 Å². The third kappa shape index (κ3) is 4.13. The Hall–Kier alpha value is -4.09. The minimum absolute atomic E-state index is 0.0529. The molecule has 12 heteroatoms. The lowest BCUT2D eigenvalue weighted by Gasteiger charge is -2.12. The highest BCUT2D eigenvalue weighted by atomic mass is 19.4. The number of hydrogen-bond acceptors (Lipinski definition) is 6. The van der Waals surface area contributed by atoms with Crippen LogP contribution >= 0.6 is 0 Å². The smallest absolute Gasteiger partial charge is 0.346 e. The summed E-state index contributed by atoms with van der Waals surface area (Å²) >= 11 is 0. The quantitative estimate of drug-likeness (QED) is 0.417. The third-order valence-electron chi connectivity index (χ3n) is 4.12. The van der Waals surface area contributed by atoms with Crippen LogP contribution in [0, 0.1) is 5.82 Å². The summed E-state index contributed by atoms with van der Waals surface area (Å²) < 4.78 is 53.8. The molecule has 4 aromatic rings. The number of hydrogen-bond donors (Lipinski definition) is 3. The second kappa shape index (κ2) is 7.63. The van der Waals surface area contributed by atoms with Crippen LogP contribution in [0.5, 0.6) is 0 Å². The zero-order valence-corrected chi connectivity index (χ0v) is 15.8. The molecule has 0 aliphatic heterocycles. The van der Waals surface area contributed by atoms with Gasteiger partial charge in [-0.05, 0) is 24.3 Å². The van der Waals surface area contributed by atoms with Crippen LogP contribution in [0.15, 0.2) is 42.7 Å². The van der Waals surface area contributed by atoms with Gasteiger partial charge < -0.3 is 15.6 Å². The number of amides is 1. The Bertz CT molecular complexity index is 1290. The molecule has 1 amide bonds. The van der Waals surface area contributed by atoms with Crippen molar-refractivity contribution in [3.63, 3.8) is 0 Å². The largest absolute Gasteiger partial charge is 0.433 e. The van der Waals surface area contributed by atoms with Crippen LogP contribution < -0.4 is 10.6 Å². The second-order valence-corrected chi connectivity index (χ2v) is 6.37.